The van der Waals surface area contributed by atoms with Crippen LogP contribution in [0.4, 0.5) is 0 Å². The van der Waals surface area contributed by atoms with Crippen molar-refractivity contribution < 1.29 is 4.79 Å². The maximum absolute atomic E-state index is 12.2. The molecule has 22 heavy (non-hydrogen) atoms. The summed E-state index contributed by atoms with van der Waals surface area (Å²) in [4.78, 5) is 13.5. The lowest BCUT2D eigenvalue weighted by Crippen LogP contribution is -2.49. The first-order chi connectivity index (χ1) is 10.4. The van der Waals surface area contributed by atoms with Gasteiger partial charge >= 0.3 is 0 Å². The Bertz CT molecular complexity index is 533. The van der Waals surface area contributed by atoms with Gasteiger partial charge in [0.2, 0.25) is 5.91 Å². The van der Waals surface area contributed by atoms with Crippen LogP contribution in [0.5, 0.6) is 0 Å². The molecule has 1 aliphatic rings. The number of nitrogens with zero attached hydrogens (tertiary/aromatic N) is 1. The molecule has 0 radical (unpaired) electrons. The molecule has 0 saturated heterocycles. The van der Waals surface area contributed by atoms with E-state index in [-0.39, 0.29) is 23.9 Å². The van der Waals surface area contributed by atoms with E-state index in [1.54, 1.807) is 11.3 Å². The summed E-state index contributed by atoms with van der Waals surface area (Å²) in [6.07, 6.45) is 3.56. The molecule has 1 amide bonds. The van der Waals surface area contributed by atoms with Gasteiger partial charge in [-0.05, 0) is 42.5 Å². The quantitative estimate of drug-likeness (QED) is 0.874. The Morgan fingerprint density at radius 2 is 2.14 bits per heavy atom. The summed E-state index contributed by atoms with van der Waals surface area (Å²) in [5, 5.41) is 17.7. The smallest absolute Gasteiger partial charge is 0.235 e. The molecular formula is C17H25N3OS. The van der Waals surface area contributed by atoms with E-state index in [0.717, 1.165) is 25.7 Å². The second-order valence-electron chi connectivity index (χ2n) is 7.14. The van der Waals surface area contributed by atoms with Gasteiger partial charge in [0.1, 0.15) is 5.54 Å². The standard InChI is InChI=1S/C17H25N3OS/c1-16(2,3)15(13-7-6-10-22-13)19-11-14(21)20-17(12-18)8-4-5-9-17/h6-7,10,15,19H,4-5,8-9,11H2,1-3H3,(H,20,21). The summed E-state index contributed by atoms with van der Waals surface area (Å²) in [5.41, 5.74) is -0.621. The van der Waals surface area contributed by atoms with Crippen molar-refractivity contribution in [1.29, 1.82) is 5.26 Å². The van der Waals surface area contributed by atoms with Gasteiger partial charge < -0.3 is 10.6 Å². The topological polar surface area (TPSA) is 64.9 Å². The molecule has 5 heteroatoms. The fourth-order valence-corrected chi connectivity index (χ4v) is 4.08. The second kappa shape index (κ2) is 6.80. The molecule has 0 aromatic carbocycles. The molecule has 0 bridgehead atoms. The highest BCUT2D eigenvalue weighted by Gasteiger charge is 2.35. The van der Waals surface area contributed by atoms with Crippen molar-refractivity contribution in [3.05, 3.63) is 22.4 Å². The lowest BCUT2D eigenvalue weighted by molar-refractivity contribution is -0.121. The van der Waals surface area contributed by atoms with Gasteiger partial charge in [-0.25, -0.2) is 0 Å². The largest absolute Gasteiger partial charge is 0.337 e. The molecule has 1 unspecified atom stereocenters. The first-order valence-electron chi connectivity index (χ1n) is 7.85. The lowest BCUT2D eigenvalue weighted by atomic mass is 9.86. The normalized spacial score (nSPS) is 18.6. The van der Waals surface area contributed by atoms with Crippen molar-refractivity contribution in [2.75, 3.05) is 6.54 Å². The van der Waals surface area contributed by atoms with Gasteiger partial charge in [-0.2, -0.15) is 5.26 Å². The molecule has 4 nitrogen and oxygen atoms in total. The Labute approximate surface area is 136 Å². The molecule has 1 heterocycles. The van der Waals surface area contributed by atoms with E-state index in [2.05, 4.69) is 48.9 Å². The number of hydrogen-bond acceptors (Lipinski definition) is 4. The predicted molar refractivity (Wildman–Crippen MR) is 89.5 cm³/mol. The molecule has 1 aliphatic carbocycles. The highest BCUT2D eigenvalue weighted by atomic mass is 32.1. The van der Waals surface area contributed by atoms with Gasteiger partial charge in [-0.3, -0.25) is 4.79 Å². The third-order valence-corrected chi connectivity index (χ3v) is 5.15. The van der Waals surface area contributed by atoms with Crippen molar-refractivity contribution in [3.8, 4) is 6.07 Å². The molecular weight excluding hydrogens is 294 g/mol. The summed E-state index contributed by atoms with van der Waals surface area (Å²) in [5.74, 6) is -0.0887. The van der Waals surface area contributed by atoms with E-state index >= 15 is 0 Å². The number of carbonyl (C=O) groups is 1. The molecule has 1 aromatic heterocycles. The number of rotatable bonds is 5. The number of hydrogen-bond donors (Lipinski definition) is 2. The van der Waals surface area contributed by atoms with E-state index in [1.165, 1.54) is 4.88 Å². The van der Waals surface area contributed by atoms with Crippen LogP contribution in [0.15, 0.2) is 17.5 Å². The predicted octanol–water partition coefficient (Wildman–Crippen LogP) is 3.38. The van der Waals surface area contributed by atoms with E-state index in [9.17, 15) is 10.1 Å². The number of carbonyl (C=O) groups excluding carboxylic acids is 1. The van der Waals surface area contributed by atoms with Gasteiger partial charge in [0.25, 0.3) is 0 Å². The van der Waals surface area contributed by atoms with Crippen molar-refractivity contribution in [2.45, 2.75) is 58.0 Å². The van der Waals surface area contributed by atoms with E-state index in [0.29, 0.717) is 0 Å². The van der Waals surface area contributed by atoms with E-state index < -0.39 is 5.54 Å². The summed E-state index contributed by atoms with van der Waals surface area (Å²) in [6.45, 7) is 6.73. The van der Waals surface area contributed by atoms with Crippen LogP contribution in [0.1, 0.15) is 57.4 Å². The molecule has 2 N–H and O–H groups in total. The van der Waals surface area contributed by atoms with Crippen LogP contribution in [0.25, 0.3) is 0 Å². The van der Waals surface area contributed by atoms with Gasteiger partial charge in [0.15, 0.2) is 0 Å². The molecule has 1 saturated carbocycles. The minimum absolute atomic E-state index is 0.0193. The minimum Gasteiger partial charge on any atom is -0.337 e. The number of nitrogens with one attached hydrogen (secondary N) is 2. The Hall–Kier alpha value is -1.38. The highest BCUT2D eigenvalue weighted by molar-refractivity contribution is 7.10. The van der Waals surface area contributed by atoms with Crippen LogP contribution in [0.3, 0.4) is 0 Å². The zero-order chi connectivity index (χ0) is 16.2. The van der Waals surface area contributed by atoms with Crippen molar-refractivity contribution in [3.63, 3.8) is 0 Å². The molecule has 1 atom stereocenters. The zero-order valence-corrected chi connectivity index (χ0v) is 14.4. The van der Waals surface area contributed by atoms with Crippen LogP contribution in [0, 0.1) is 16.7 Å². The number of amides is 1. The highest BCUT2D eigenvalue weighted by Crippen LogP contribution is 2.35. The molecule has 0 aliphatic heterocycles. The van der Waals surface area contributed by atoms with Gasteiger partial charge in [0, 0.05) is 10.9 Å². The maximum Gasteiger partial charge on any atom is 0.235 e. The van der Waals surface area contributed by atoms with Crippen LogP contribution < -0.4 is 10.6 Å². The van der Waals surface area contributed by atoms with Crippen molar-refractivity contribution in [2.24, 2.45) is 5.41 Å². The Balaban J connectivity index is 1.95. The first-order valence-corrected chi connectivity index (χ1v) is 8.73. The second-order valence-corrected chi connectivity index (χ2v) is 8.12. The summed E-state index contributed by atoms with van der Waals surface area (Å²) in [7, 11) is 0. The van der Waals surface area contributed by atoms with E-state index in [4.69, 9.17) is 0 Å². The van der Waals surface area contributed by atoms with Gasteiger partial charge in [-0.15, -0.1) is 11.3 Å². The molecule has 120 valence electrons. The summed E-state index contributed by atoms with van der Waals surface area (Å²) < 4.78 is 0. The fourth-order valence-electron chi connectivity index (χ4n) is 3.04. The number of nitriles is 1. The minimum atomic E-state index is -0.640. The lowest BCUT2D eigenvalue weighted by Gasteiger charge is -2.31. The maximum atomic E-state index is 12.2. The number of thiophene rings is 1. The Morgan fingerprint density at radius 1 is 1.45 bits per heavy atom. The van der Waals surface area contributed by atoms with Crippen LogP contribution in [-0.4, -0.2) is 18.0 Å². The Morgan fingerprint density at radius 3 is 2.64 bits per heavy atom. The van der Waals surface area contributed by atoms with Crippen LogP contribution in [-0.2, 0) is 4.79 Å². The van der Waals surface area contributed by atoms with E-state index in [1.807, 2.05) is 6.07 Å². The van der Waals surface area contributed by atoms with Gasteiger partial charge in [0.05, 0.1) is 12.6 Å². The molecule has 2 rings (SSSR count). The molecule has 0 spiro atoms. The Kier molecular flexibility index (Phi) is 5.25. The average Bonchev–Trinajstić information content (AvgIpc) is 3.09. The van der Waals surface area contributed by atoms with Crippen molar-refractivity contribution >= 4 is 17.2 Å². The summed E-state index contributed by atoms with van der Waals surface area (Å²) >= 11 is 1.70. The zero-order valence-electron chi connectivity index (χ0n) is 13.6. The molecule has 1 aromatic rings. The monoisotopic (exact) mass is 319 g/mol. The van der Waals surface area contributed by atoms with Crippen LogP contribution in [0.2, 0.25) is 0 Å². The average molecular weight is 319 g/mol. The third-order valence-electron chi connectivity index (χ3n) is 4.21. The van der Waals surface area contributed by atoms with Crippen molar-refractivity contribution in [1.82, 2.24) is 10.6 Å². The first kappa shape index (κ1) is 17.0. The third kappa shape index (κ3) is 4.08. The fraction of sp³-hybridized carbons (Fsp3) is 0.647. The van der Waals surface area contributed by atoms with Crippen LogP contribution >= 0.6 is 11.3 Å². The van der Waals surface area contributed by atoms with Gasteiger partial charge in [-0.1, -0.05) is 26.8 Å². The molecule has 1 fully saturated rings. The SMILES string of the molecule is CC(C)(C)C(NCC(=O)NC1(C#N)CCCC1)c1cccs1. The summed E-state index contributed by atoms with van der Waals surface area (Å²) in [6, 6.07) is 6.55.